The monoisotopic (exact) mass is 464 g/mol. The highest BCUT2D eigenvalue weighted by Gasteiger charge is 2.46. The van der Waals surface area contributed by atoms with Crippen LogP contribution in [0.3, 0.4) is 0 Å². The second kappa shape index (κ2) is 13.5. The van der Waals surface area contributed by atoms with Crippen LogP contribution in [0.25, 0.3) is 6.08 Å². The summed E-state index contributed by atoms with van der Waals surface area (Å²) in [5.74, 6) is -1.15. The molecule has 0 fully saturated rings. The Hall–Kier alpha value is -3.18. The largest absolute Gasteiger partial charge is 0.465 e. The number of aryl methyl sites for hydroxylation is 2. The van der Waals surface area contributed by atoms with Gasteiger partial charge < -0.3 is 14.8 Å². The predicted molar refractivity (Wildman–Crippen MR) is 136 cm³/mol. The first-order valence-corrected chi connectivity index (χ1v) is 11.9. The Morgan fingerprint density at radius 2 is 1.44 bits per heavy atom. The number of esters is 2. The van der Waals surface area contributed by atoms with Crippen molar-refractivity contribution < 1.29 is 24.4 Å². The zero-order chi connectivity index (χ0) is 25.0. The van der Waals surface area contributed by atoms with Crippen molar-refractivity contribution in [3.05, 3.63) is 89.0 Å². The zero-order valence-electron chi connectivity index (χ0n) is 20.9. The van der Waals surface area contributed by atoms with Crippen LogP contribution in [0.2, 0.25) is 0 Å². The second-order valence-electron chi connectivity index (χ2n) is 8.56. The SMILES string of the molecule is C=CCC(C/C=C/c1ccc(C[NH2+]Cc2cc(C)cc(C)c2)cc1)(C(=O)OCC)C(=O)OCC. The number of benzene rings is 2. The average Bonchev–Trinajstić information content (AvgIpc) is 2.79. The van der Waals surface area contributed by atoms with Gasteiger partial charge in [0.25, 0.3) is 0 Å². The van der Waals surface area contributed by atoms with E-state index in [1.54, 1.807) is 19.9 Å². The molecule has 2 aromatic carbocycles. The fourth-order valence-electron chi connectivity index (χ4n) is 4.04. The summed E-state index contributed by atoms with van der Waals surface area (Å²) in [6.07, 6.45) is 5.65. The molecule has 2 rings (SSSR count). The third kappa shape index (κ3) is 7.70. The maximum atomic E-state index is 12.7. The lowest BCUT2D eigenvalue weighted by atomic mass is 9.80. The third-order valence-corrected chi connectivity index (χ3v) is 5.62. The van der Waals surface area contributed by atoms with E-state index in [9.17, 15) is 9.59 Å². The molecule has 0 bridgehead atoms. The maximum absolute atomic E-state index is 12.7. The lowest BCUT2D eigenvalue weighted by molar-refractivity contribution is -0.686. The van der Waals surface area contributed by atoms with Gasteiger partial charge in [0.2, 0.25) is 0 Å². The van der Waals surface area contributed by atoms with E-state index in [0.717, 1.165) is 18.7 Å². The van der Waals surface area contributed by atoms with Gasteiger partial charge in [0, 0.05) is 11.1 Å². The zero-order valence-corrected chi connectivity index (χ0v) is 20.9. The predicted octanol–water partition coefficient (Wildman–Crippen LogP) is 4.66. The summed E-state index contributed by atoms with van der Waals surface area (Å²) >= 11 is 0. The summed E-state index contributed by atoms with van der Waals surface area (Å²) in [5, 5.41) is 2.29. The molecule has 2 aromatic rings. The first-order valence-electron chi connectivity index (χ1n) is 11.9. The van der Waals surface area contributed by atoms with Crippen molar-refractivity contribution in [2.45, 2.75) is 53.6 Å². The van der Waals surface area contributed by atoms with Crippen LogP contribution in [0.4, 0.5) is 0 Å². The van der Waals surface area contributed by atoms with Crippen LogP contribution < -0.4 is 5.32 Å². The summed E-state index contributed by atoms with van der Waals surface area (Å²) in [4.78, 5) is 25.4. The molecule has 0 amide bonds. The summed E-state index contributed by atoms with van der Waals surface area (Å²) in [5.41, 5.74) is 4.75. The van der Waals surface area contributed by atoms with Crippen LogP contribution in [0.15, 0.2) is 61.2 Å². The molecule has 182 valence electrons. The molecule has 0 heterocycles. The van der Waals surface area contributed by atoms with E-state index in [4.69, 9.17) is 9.47 Å². The molecule has 0 aliphatic heterocycles. The lowest BCUT2D eigenvalue weighted by Gasteiger charge is -2.26. The highest BCUT2D eigenvalue weighted by Crippen LogP contribution is 2.32. The highest BCUT2D eigenvalue weighted by molar-refractivity contribution is 6.00. The van der Waals surface area contributed by atoms with Crippen LogP contribution in [-0.4, -0.2) is 25.2 Å². The summed E-state index contributed by atoms with van der Waals surface area (Å²) in [7, 11) is 0. The first kappa shape index (κ1) is 27.1. The van der Waals surface area contributed by atoms with Crippen LogP contribution >= 0.6 is 0 Å². The van der Waals surface area contributed by atoms with Crippen LogP contribution in [-0.2, 0) is 32.2 Å². The molecule has 34 heavy (non-hydrogen) atoms. The van der Waals surface area contributed by atoms with Crippen molar-refractivity contribution in [1.82, 2.24) is 0 Å². The maximum Gasteiger partial charge on any atom is 0.324 e. The van der Waals surface area contributed by atoms with Crippen LogP contribution in [0, 0.1) is 19.3 Å². The number of nitrogens with two attached hydrogens (primary N) is 1. The molecule has 0 radical (unpaired) electrons. The van der Waals surface area contributed by atoms with Gasteiger partial charge in [0.05, 0.1) is 13.2 Å². The molecule has 0 spiro atoms. The number of carbonyl (C=O) groups excluding carboxylic acids is 2. The normalized spacial score (nSPS) is 11.4. The van der Waals surface area contributed by atoms with Crippen molar-refractivity contribution in [2.24, 2.45) is 5.41 Å². The number of quaternary nitrogens is 1. The Balaban J connectivity index is 2.02. The summed E-state index contributed by atoms with van der Waals surface area (Å²) in [6, 6.07) is 14.9. The van der Waals surface area contributed by atoms with Gasteiger partial charge >= 0.3 is 11.9 Å². The number of hydrogen-bond donors (Lipinski definition) is 1. The van der Waals surface area contributed by atoms with Crippen molar-refractivity contribution >= 4 is 18.0 Å². The Labute approximate surface area is 203 Å². The van der Waals surface area contributed by atoms with E-state index >= 15 is 0 Å². The Morgan fingerprint density at radius 3 is 1.97 bits per heavy atom. The Bertz CT molecular complexity index is 953. The number of ether oxygens (including phenoxy) is 2. The summed E-state index contributed by atoms with van der Waals surface area (Å²) < 4.78 is 10.4. The van der Waals surface area contributed by atoms with E-state index in [2.05, 4.69) is 56.1 Å². The molecule has 0 aliphatic rings. The number of allylic oxidation sites excluding steroid dienone is 2. The number of hydrogen-bond acceptors (Lipinski definition) is 4. The molecule has 0 aromatic heterocycles. The standard InChI is InChI=1S/C29H37NO4/c1-6-15-29(27(31)33-7-2,28(32)34-8-3)16-9-10-24-11-13-25(14-12-24)20-30-21-26-18-22(4)17-23(5)19-26/h6,9-14,17-19,30H,1,7-8,15-16,20-21H2,2-5H3/p+1/b10-9+. The molecule has 0 unspecified atom stereocenters. The van der Waals surface area contributed by atoms with E-state index in [-0.39, 0.29) is 26.1 Å². The Kier molecular flexibility index (Phi) is 10.8. The molecular formula is C29H38NO4+. The lowest BCUT2D eigenvalue weighted by Crippen LogP contribution is -2.80. The molecule has 0 saturated carbocycles. The topological polar surface area (TPSA) is 69.2 Å². The van der Waals surface area contributed by atoms with E-state index in [1.165, 1.54) is 22.3 Å². The minimum absolute atomic E-state index is 0.157. The molecule has 5 heteroatoms. The minimum atomic E-state index is -1.41. The second-order valence-corrected chi connectivity index (χ2v) is 8.56. The van der Waals surface area contributed by atoms with Gasteiger partial charge in [-0.05, 0) is 46.1 Å². The molecular weight excluding hydrogens is 426 g/mol. The van der Waals surface area contributed by atoms with Crippen molar-refractivity contribution in [3.63, 3.8) is 0 Å². The molecule has 0 saturated heterocycles. The Morgan fingerprint density at radius 1 is 0.882 bits per heavy atom. The molecule has 5 nitrogen and oxygen atoms in total. The van der Waals surface area contributed by atoms with Gasteiger partial charge in [0.15, 0.2) is 5.41 Å². The number of rotatable bonds is 13. The fourth-order valence-corrected chi connectivity index (χ4v) is 4.04. The van der Waals surface area contributed by atoms with Crippen LogP contribution in [0.5, 0.6) is 0 Å². The molecule has 2 N–H and O–H groups in total. The van der Waals surface area contributed by atoms with Crippen molar-refractivity contribution in [2.75, 3.05) is 13.2 Å². The van der Waals surface area contributed by atoms with Crippen LogP contribution in [0.1, 0.15) is 54.5 Å². The van der Waals surface area contributed by atoms with E-state index < -0.39 is 17.4 Å². The first-order chi connectivity index (χ1) is 16.3. The van der Waals surface area contributed by atoms with Gasteiger partial charge in [-0.15, -0.1) is 6.58 Å². The van der Waals surface area contributed by atoms with Gasteiger partial charge in [-0.25, -0.2) is 0 Å². The van der Waals surface area contributed by atoms with Crippen molar-refractivity contribution in [3.8, 4) is 0 Å². The minimum Gasteiger partial charge on any atom is -0.465 e. The molecule has 0 atom stereocenters. The quantitative estimate of drug-likeness (QED) is 0.266. The average molecular weight is 465 g/mol. The van der Waals surface area contributed by atoms with Gasteiger partial charge in [-0.3, -0.25) is 9.59 Å². The van der Waals surface area contributed by atoms with Gasteiger partial charge in [0.1, 0.15) is 13.1 Å². The number of carbonyl (C=O) groups is 2. The van der Waals surface area contributed by atoms with Gasteiger partial charge in [-0.2, -0.15) is 0 Å². The smallest absolute Gasteiger partial charge is 0.324 e. The fraction of sp³-hybridized carbons (Fsp3) is 0.379. The van der Waals surface area contributed by atoms with E-state index in [1.807, 2.05) is 24.3 Å². The highest BCUT2D eigenvalue weighted by atomic mass is 16.6. The molecule has 0 aliphatic carbocycles. The van der Waals surface area contributed by atoms with Gasteiger partial charge in [-0.1, -0.05) is 71.8 Å². The van der Waals surface area contributed by atoms with Crippen molar-refractivity contribution in [1.29, 1.82) is 0 Å². The van der Waals surface area contributed by atoms with E-state index in [0.29, 0.717) is 0 Å². The third-order valence-electron chi connectivity index (χ3n) is 5.62. The summed E-state index contributed by atoms with van der Waals surface area (Å²) in [6.45, 7) is 13.6.